The normalized spacial score (nSPS) is 15.6. The summed E-state index contributed by atoms with van der Waals surface area (Å²) in [6, 6.07) is 15.6. The second-order valence-electron chi connectivity index (χ2n) is 8.63. The molecule has 0 saturated carbocycles. The highest BCUT2D eigenvalue weighted by Gasteiger charge is 2.31. The van der Waals surface area contributed by atoms with Gasteiger partial charge in [0, 0.05) is 5.56 Å². The number of H-pyrrole nitrogens is 1. The SMILES string of the molecule is COc1ccc(Cn2nnnc2C(c2cc3cccc(C)c3[nH]c2=O)N2CCCCC2)cc1. The molecule has 0 radical (unpaired) electrons. The van der Waals surface area contributed by atoms with Crippen molar-refractivity contribution >= 4 is 10.9 Å². The number of hydrogen-bond donors (Lipinski definition) is 1. The van der Waals surface area contributed by atoms with Crippen molar-refractivity contribution in [3.63, 3.8) is 0 Å². The van der Waals surface area contributed by atoms with Gasteiger partial charge in [-0.1, -0.05) is 36.8 Å². The van der Waals surface area contributed by atoms with Gasteiger partial charge < -0.3 is 9.72 Å². The van der Waals surface area contributed by atoms with Crippen LogP contribution in [0.5, 0.6) is 5.75 Å². The number of nitrogens with zero attached hydrogens (tertiary/aromatic N) is 5. The van der Waals surface area contributed by atoms with Crippen molar-refractivity contribution in [1.82, 2.24) is 30.1 Å². The smallest absolute Gasteiger partial charge is 0.253 e. The van der Waals surface area contributed by atoms with Crippen molar-refractivity contribution < 1.29 is 4.74 Å². The Bertz CT molecular complexity index is 1300. The predicted molar refractivity (Wildman–Crippen MR) is 126 cm³/mol. The van der Waals surface area contributed by atoms with Crippen LogP contribution in [0.3, 0.4) is 0 Å². The number of ether oxygens (including phenoxy) is 1. The highest BCUT2D eigenvalue weighted by molar-refractivity contribution is 5.82. The van der Waals surface area contributed by atoms with Crippen molar-refractivity contribution in [3.8, 4) is 5.75 Å². The van der Waals surface area contributed by atoms with Crippen LogP contribution in [0.4, 0.5) is 0 Å². The fourth-order valence-corrected chi connectivity index (χ4v) is 4.70. The number of methoxy groups -OCH3 is 1. The molecule has 1 fully saturated rings. The monoisotopic (exact) mass is 444 g/mol. The molecule has 0 aliphatic carbocycles. The van der Waals surface area contributed by atoms with Crippen LogP contribution in [-0.2, 0) is 6.54 Å². The number of pyridine rings is 1. The molecule has 2 aromatic carbocycles. The lowest BCUT2D eigenvalue weighted by atomic mass is 9.99. The summed E-state index contributed by atoms with van der Waals surface area (Å²) >= 11 is 0. The Kier molecular flexibility index (Phi) is 5.92. The molecule has 0 amide bonds. The number of fused-ring (bicyclic) bond motifs is 1. The maximum atomic E-state index is 13.3. The van der Waals surface area contributed by atoms with Crippen molar-refractivity contribution in [2.24, 2.45) is 0 Å². The zero-order chi connectivity index (χ0) is 22.8. The molecular formula is C25H28N6O2. The van der Waals surface area contributed by atoms with E-state index in [9.17, 15) is 4.79 Å². The minimum absolute atomic E-state index is 0.0913. The Hall–Kier alpha value is -3.52. The molecule has 1 saturated heterocycles. The van der Waals surface area contributed by atoms with E-state index >= 15 is 0 Å². The topological polar surface area (TPSA) is 88.9 Å². The van der Waals surface area contributed by atoms with Gasteiger partial charge in [-0.3, -0.25) is 9.69 Å². The lowest BCUT2D eigenvalue weighted by molar-refractivity contribution is 0.177. The summed E-state index contributed by atoms with van der Waals surface area (Å²) in [6.07, 6.45) is 3.40. The summed E-state index contributed by atoms with van der Waals surface area (Å²) in [7, 11) is 1.65. The van der Waals surface area contributed by atoms with Crippen LogP contribution in [0.1, 0.15) is 47.8 Å². The molecule has 0 bridgehead atoms. The molecule has 170 valence electrons. The molecule has 1 N–H and O–H groups in total. The van der Waals surface area contributed by atoms with Gasteiger partial charge in [0.2, 0.25) is 0 Å². The summed E-state index contributed by atoms with van der Waals surface area (Å²) in [6.45, 7) is 4.34. The van der Waals surface area contributed by atoms with Crippen molar-refractivity contribution in [2.75, 3.05) is 20.2 Å². The predicted octanol–water partition coefficient (Wildman–Crippen LogP) is 3.46. The summed E-state index contributed by atoms with van der Waals surface area (Å²) < 4.78 is 7.07. The molecule has 4 aromatic rings. The first-order valence-corrected chi connectivity index (χ1v) is 11.4. The second kappa shape index (κ2) is 9.15. The zero-order valence-electron chi connectivity index (χ0n) is 19.0. The summed E-state index contributed by atoms with van der Waals surface area (Å²) in [5.41, 5.74) is 3.58. The van der Waals surface area contributed by atoms with Crippen LogP contribution in [0.2, 0.25) is 0 Å². The molecule has 2 aromatic heterocycles. The first-order valence-electron chi connectivity index (χ1n) is 11.4. The molecular weight excluding hydrogens is 416 g/mol. The standard InChI is InChI=1S/C25H28N6O2/c1-17-7-6-8-19-15-21(25(32)26-22(17)19)23(30-13-4-3-5-14-30)24-27-28-29-31(24)16-18-9-11-20(33-2)12-10-18/h6-12,15,23H,3-5,13-14,16H2,1-2H3,(H,26,32). The Morgan fingerprint density at radius 3 is 2.64 bits per heavy atom. The van der Waals surface area contributed by atoms with E-state index in [-0.39, 0.29) is 11.6 Å². The van der Waals surface area contributed by atoms with E-state index < -0.39 is 0 Å². The first kappa shape index (κ1) is 21.3. The van der Waals surface area contributed by atoms with Crippen molar-refractivity contribution in [3.05, 3.63) is 81.4 Å². The van der Waals surface area contributed by atoms with E-state index in [1.165, 1.54) is 6.42 Å². The largest absolute Gasteiger partial charge is 0.497 e. The van der Waals surface area contributed by atoms with E-state index in [0.29, 0.717) is 17.9 Å². The van der Waals surface area contributed by atoms with Gasteiger partial charge in [-0.25, -0.2) is 4.68 Å². The molecule has 1 aliphatic heterocycles. The van der Waals surface area contributed by atoms with Crippen molar-refractivity contribution in [2.45, 2.75) is 38.8 Å². The Morgan fingerprint density at radius 1 is 1.09 bits per heavy atom. The first-order chi connectivity index (χ1) is 16.1. The van der Waals surface area contributed by atoms with E-state index in [1.807, 2.05) is 55.5 Å². The maximum absolute atomic E-state index is 13.3. The number of benzene rings is 2. The minimum Gasteiger partial charge on any atom is -0.497 e. The van der Waals surface area contributed by atoms with E-state index in [1.54, 1.807) is 11.8 Å². The fourth-order valence-electron chi connectivity index (χ4n) is 4.70. The number of aromatic amines is 1. The van der Waals surface area contributed by atoms with Gasteiger partial charge in [-0.15, -0.1) is 5.10 Å². The Labute approximate surface area is 192 Å². The zero-order valence-corrected chi connectivity index (χ0v) is 19.0. The van der Waals surface area contributed by atoms with Crippen LogP contribution in [-0.4, -0.2) is 50.3 Å². The number of tetrazole rings is 1. The van der Waals surface area contributed by atoms with Crippen LogP contribution in [0.15, 0.2) is 53.3 Å². The van der Waals surface area contributed by atoms with Crippen molar-refractivity contribution in [1.29, 1.82) is 0 Å². The van der Waals surface area contributed by atoms with Crippen LogP contribution in [0.25, 0.3) is 10.9 Å². The summed E-state index contributed by atoms with van der Waals surface area (Å²) in [4.78, 5) is 18.8. The van der Waals surface area contributed by atoms with E-state index in [0.717, 1.165) is 53.7 Å². The molecule has 3 heterocycles. The van der Waals surface area contributed by atoms with Crippen LogP contribution >= 0.6 is 0 Å². The number of likely N-dealkylation sites (tertiary alicyclic amines) is 1. The molecule has 5 rings (SSSR count). The lowest BCUT2D eigenvalue weighted by Crippen LogP contribution is -2.38. The number of aryl methyl sites for hydroxylation is 1. The van der Waals surface area contributed by atoms with E-state index in [4.69, 9.17) is 4.74 Å². The Balaban J connectivity index is 1.59. The van der Waals surface area contributed by atoms with Crippen LogP contribution < -0.4 is 10.3 Å². The molecule has 1 unspecified atom stereocenters. The lowest BCUT2D eigenvalue weighted by Gasteiger charge is -2.33. The van der Waals surface area contributed by atoms with Gasteiger partial charge >= 0.3 is 0 Å². The number of rotatable bonds is 6. The quantitative estimate of drug-likeness (QED) is 0.490. The third kappa shape index (κ3) is 4.26. The molecule has 0 spiro atoms. The third-order valence-electron chi connectivity index (χ3n) is 6.46. The Morgan fingerprint density at radius 2 is 1.88 bits per heavy atom. The van der Waals surface area contributed by atoms with Gasteiger partial charge in [0.15, 0.2) is 5.82 Å². The fraction of sp³-hybridized carbons (Fsp3) is 0.360. The third-order valence-corrected chi connectivity index (χ3v) is 6.46. The average Bonchev–Trinajstić information content (AvgIpc) is 3.29. The molecule has 8 heteroatoms. The number of para-hydroxylation sites is 1. The molecule has 1 aliphatic rings. The molecule has 1 atom stereocenters. The van der Waals surface area contributed by atoms with Gasteiger partial charge in [0.05, 0.1) is 19.2 Å². The summed E-state index contributed by atoms with van der Waals surface area (Å²) in [5.74, 6) is 1.49. The van der Waals surface area contributed by atoms with Gasteiger partial charge in [0.25, 0.3) is 5.56 Å². The maximum Gasteiger partial charge on any atom is 0.253 e. The molecule has 8 nitrogen and oxygen atoms in total. The number of nitrogens with one attached hydrogen (secondary N) is 1. The van der Waals surface area contributed by atoms with E-state index in [2.05, 4.69) is 25.4 Å². The summed E-state index contributed by atoms with van der Waals surface area (Å²) in [5, 5.41) is 13.7. The number of aromatic nitrogens is 5. The van der Waals surface area contributed by atoms with Crippen LogP contribution in [0, 0.1) is 6.92 Å². The van der Waals surface area contributed by atoms with Gasteiger partial charge in [-0.2, -0.15) is 0 Å². The average molecular weight is 445 g/mol. The highest BCUT2D eigenvalue weighted by Crippen LogP contribution is 2.30. The number of hydrogen-bond acceptors (Lipinski definition) is 6. The minimum atomic E-state index is -0.313. The van der Waals surface area contributed by atoms with Gasteiger partial charge in [-0.05, 0) is 78.0 Å². The number of piperidine rings is 1. The second-order valence-corrected chi connectivity index (χ2v) is 8.63. The van der Waals surface area contributed by atoms with Gasteiger partial charge in [0.1, 0.15) is 11.8 Å². The highest BCUT2D eigenvalue weighted by atomic mass is 16.5. The molecule has 33 heavy (non-hydrogen) atoms.